The van der Waals surface area contributed by atoms with E-state index in [9.17, 15) is 14.7 Å². The van der Waals surface area contributed by atoms with Gasteiger partial charge in [-0.05, 0) is 26.3 Å². The Morgan fingerprint density at radius 2 is 1.94 bits per heavy atom. The average molecular weight is 455 g/mol. The number of Topliss-reactive ketones (excluding diaryl/α,β-unsaturated/α-hetero) is 1. The molecular formula is C24H30N4O5. The van der Waals surface area contributed by atoms with Gasteiger partial charge < -0.3 is 19.5 Å². The van der Waals surface area contributed by atoms with Gasteiger partial charge >= 0.3 is 0 Å². The standard InChI is InChI=1S/C24H30N4O5/c1-15-19(16(2)26-25-15)22(29)20-21(17-7-4-5-8-18(17)32-3)28(24(31)23(20)30)10-6-9-27-11-13-33-14-12-27/h4-5,7-8,21,29H,6,9-14H2,1-3H3,(H,25,26). The molecule has 2 N–H and O–H groups in total. The first-order valence-corrected chi connectivity index (χ1v) is 11.2. The molecule has 2 fully saturated rings. The van der Waals surface area contributed by atoms with E-state index in [1.807, 2.05) is 18.2 Å². The van der Waals surface area contributed by atoms with Crippen molar-refractivity contribution in [1.82, 2.24) is 20.0 Å². The van der Waals surface area contributed by atoms with Crippen LogP contribution >= 0.6 is 0 Å². The zero-order valence-corrected chi connectivity index (χ0v) is 19.3. The van der Waals surface area contributed by atoms with Gasteiger partial charge in [-0.15, -0.1) is 0 Å². The lowest BCUT2D eigenvalue weighted by Crippen LogP contribution is -2.39. The van der Waals surface area contributed by atoms with Gasteiger partial charge in [-0.1, -0.05) is 18.2 Å². The summed E-state index contributed by atoms with van der Waals surface area (Å²) in [5, 5.41) is 18.2. The largest absolute Gasteiger partial charge is 0.507 e. The molecule has 1 amide bonds. The van der Waals surface area contributed by atoms with Crippen LogP contribution in [0.5, 0.6) is 5.75 Å². The number of morpholine rings is 1. The molecule has 0 saturated carbocycles. The molecule has 2 aliphatic heterocycles. The summed E-state index contributed by atoms with van der Waals surface area (Å²) in [5.41, 5.74) is 2.35. The monoisotopic (exact) mass is 454 g/mol. The molecular weight excluding hydrogens is 424 g/mol. The Morgan fingerprint density at radius 3 is 2.61 bits per heavy atom. The number of aliphatic hydroxyl groups excluding tert-OH is 1. The van der Waals surface area contributed by atoms with E-state index >= 15 is 0 Å². The number of aromatic amines is 1. The van der Waals surface area contributed by atoms with Crippen LogP contribution < -0.4 is 4.74 Å². The van der Waals surface area contributed by atoms with Crippen LogP contribution in [0.25, 0.3) is 5.76 Å². The van der Waals surface area contributed by atoms with E-state index in [1.165, 1.54) is 0 Å². The predicted molar refractivity (Wildman–Crippen MR) is 122 cm³/mol. The van der Waals surface area contributed by atoms with E-state index in [1.54, 1.807) is 31.9 Å². The molecule has 3 heterocycles. The van der Waals surface area contributed by atoms with Crippen molar-refractivity contribution >= 4 is 17.4 Å². The number of ketones is 1. The molecule has 33 heavy (non-hydrogen) atoms. The first kappa shape index (κ1) is 23.0. The number of para-hydroxylation sites is 1. The number of amides is 1. The molecule has 9 heteroatoms. The molecule has 2 saturated heterocycles. The van der Waals surface area contributed by atoms with E-state index in [2.05, 4.69) is 15.1 Å². The number of rotatable bonds is 7. The van der Waals surface area contributed by atoms with E-state index in [0.717, 1.165) is 19.6 Å². The number of aliphatic hydroxyl groups is 1. The topological polar surface area (TPSA) is 108 Å². The van der Waals surface area contributed by atoms with Gasteiger partial charge in [-0.2, -0.15) is 5.10 Å². The maximum Gasteiger partial charge on any atom is 0.295 e. The highest BCUT2D eigenvalue weighted by molar-refractivity contribution is 6.46. The lowest BCUT2D eigenvalue weighted by atomic mass is 9.94. The van der Waals surface area contributed by atoms with Crippen molar-refractivity contribution in [2.75, 3.05) is 46.5 Å². The van der Waals surface area contributed by atoms with Crippen LogP contribution in [-0.2, 0) is 14.3 Å². The maximum atomic E-state index is 13.2. The maximum absolute atomic E-state index is 13.2. The number of methoxy groups -OCH3 is 1. The molecule has 0 spiro atoms. The van der Waals surface area contributed by atoms with Gasteiger partial charge in [0.1, 0.15) is 11.5 Å². The Morgan fingerprint density at radius 1 is 1.21 bits per heavy atom. The van der Waals surface area contributed by atoms with E-state index in [0.29, 0.717) is 54.4 Å². The SMILES string of the molecule is COc1ccccc1C1C(=C(O)c2c(C)n[nH]c2C)C(=O)C(=O)N1CCCN1CCOCC1. The number of carbonyl (C=O) groups is 2. The minimum absolute atomic E-state index is 0.0588. The van der Waals surface area contributed by atoms with Gasteiger partial charge in [-0.25, -0.2) is 0 Å². The van der Waals surface area contributed by atoms with Crippen LogP contribution in [0, 0.1) is 13.8 Å². The summed E-state index contributed by atoms with van der Waals surface area (Å²) < 4.78 is 10.9. The number of aryl methyl sites for hydroxylation is 2. The predicted octanol–water partition coefficient (Wildman–Crippen LogP) is 2.18. The number of likely N-dealkylation sites (tertiary alicyclic amines) is 1. The van der Waals surface area contributed by atoms with E-state index < -0.39 is 17.7 Å². The summed E-state index contributed by atoms with van der Waals surface area (Å²) in [7, 11) is 1.55. The Balaban J connectivity index is 1.73. The molecule has 0 radical (unpaired) electrons. The average Bonchev–Trinajstić information content (AvgIpc) is 3.29. The van der Waals surface area contributed by atoms with Crippen LogP contribution in [0.4, 0.5) is 0 Å². The van der Waals surface area contributed by atoms with Gasteiger partial charge in [0.05, 0.1) is 43.2 Å². The number of carbonyl (C=O) groups excluding carboxylic acids is 2. The van der Waals surface area contributed by atoms with E-state index in [4.69, 9.17) is 9.47 Å². The molecule has 1 aromatic carbocycles. The molecule has 0 bridgehead atoms. The van der Waals surface area contributed by atoms with Crippen LogP contribution in [0.1, 0.15) is 35.0 Å². The fourth-order valence-corrected chi connectivity index (χ4v) is 4.65. The summed E-state index contributed by atoms with van der Waals surface area (Å²) >= 11 is 0. The first-order valence-electron chi connectivity index (χ1n) is 11.2. The molecule has 4 rings (SSSR count). The summed E-state index contributed by atoms with van der Waals surface area (Å²) in [5.74, 6) is -0.985. The highest BCUT2D eigenvalue weighted by atomic mass is 16.5. The van der Waals surface area contributed by atoms with Crippen LogP contribution in [0.2, 0.25) is 0 Å². The third-order valence-corrected chi connectivity index (χ3v) is 6.32. The molecule has 0 aliphatic carbocycles. The molecule has 1 atom stereocenters. The summed E-state index contributed by atoms with van der Waals surface area (Å²) in [4.78, 5) is 30.2. The van der Waals surface area contributed by atoms with Crippen molar-refractivity contribution in [1.29, 1.82) is 0 Å². The highest BCUT2D eigenvalue weighted by Gasteiger charge is 2.47. The zero-order valence-electron chi connectivity index (χ0n) is 19.3. The van der Waals surface area contributed by atoms with Crippen molar-refractivity contribution in [2.45, 2.75) is 26.3 Å². The third-order valence-electron chi connectivity index (χ3n) is 6.32. The van der Waals surface area contributed by atoms with Gasteiger partial charge in [0, 0.05) is 37.4 Å². The van der Waals surface area contributed by atoms with E-state index in [-0.39, 0.29) is 11.3 Å². The third kappa shape index (κ3) is 4.38. The number of nitrogens with one attached hydrogen (secondary N) is 1. The second-order valence-electron chi connectivity index (χ2n) is 8.35. The van der Waals surface area contributed by atoms with Crippen molar-refractivity contribution in [3.05, 3.63) is 52.4 Å². The Bertz CT molecular complexity index is 1050. The van der Waals surface area contributed by atoms with Crippen molar-refractivity contribution in [2.24, 2.45) is 0 Å². The van der Waals surface area contributed by atoms with Crippen LogP contribution in [0.3, 0.4) is 0 Å². The number of H-pyrrole nitrogens is 1. The molecule has 1 unspecified atom stereocenters. The van der Waals surface area contributed by atoms with Gasteiger partial charge in [0.15, 0.2) is 0 Å². The second kappa shape index (κ2) is 9.76. The molecule has 2 aromatic rings. The zero-order chi connectivity index (χ0) is 23.5. The van der Waals surface area contributed by atoms with Crippen molar-refractivity contribution < 1.29 is 24.2 Å². The lowest BCUT2D eigenvalue weighted by Gasteiger charge is -2.29. The van der Waals surface area contributed by atoms with Gasteiger partial charge in [-0.3, -0.25) is 19.6 Å². The van der Waals surface area contributed by atoms with Gasteiger partial charge in [0.2, 0.25) is 0 Å². The lowest BCUT2D eigenvalue weighted by molar-refractivity contribution is -0.140. The number of aromatic nitrogens is 2. The summed E-state index contributed by atoms with van der Waals surface area (Å²) in [6.07, 6.45) is 0.697. The van der Waals surface area contributed by atoms with Crippen molar-refractivity contribution in [3.8, 4) is 5.75 Å². The quantitative estimate of drug-likeness (QED) is 0.375. The number of hydrogen-bond acceptors (Lipinski definition) is 7. The Labute approximate surface area is 193 Å². The molecule has 9 nitrogen and oxygen atoms in total. The highest BCUT2D eigenvalue weighted by Crippen LogP contribution is 2.43. The van der Waals surface area contributed by atoms with Crippen LogP contribution in [0.15, 0.2) is 29.8 Å². The fraction of sp³-hybridized carbons (Fsp3) is 0.458. The smallest absolute Gasteiger partial charge is 0.295 e. The van der Waals surface area contributed by atoms with Gasteiger partial charge in [0.25, 0.3) is 11.7 Å². The molecule has 2 aliphatic rings. The summed E-state index contributed by atoms with van der Waals surface area (Å²) in [6, 6.07) is 6.53. The normalized spacial score (nSPS) is 21.1. The minimum Gasteiger partial charge on any atom is -0.507 e. The van der Waals surface area contributed by atoms with Crippen LogP contribution in [-0.4, -0.2) is 83.3 Å². The molecule has 1 aromatic heterocycles. The second-order valence-corrected chi connectivity index (χ2v) is 8.35. The minimum atomic E-state index is -0.750. The fourth-order valence-electron chi connectivity index (χ4n) is 4.65. The molecule has 176 valence electrons. The number of benzene rings is 1. The first-order chi connectivity index (χ1) is 15.9. The number of ether oxygens (including phenoxy) is 2. The number of nitrogens with zero attached hydrogens (tertiary/aromatic N) is 3. The Kier molecular flexibility index (Phi) is 6.80. The number of hydrogen-bond donors (Lipinski definition) is 2. The summed E-state index contributed by atoms with van der Waals surface area (Å²) in [6.45, 7) is 7.81. The van der Waals surface area contributed by atoms with Crippen molar-refractivity contribution in [3.63, 3.8) is 0 Å². The Hall–Kier alpha value is -3.17.